The second-order valence-corrected chi connectivity index (χ2v) is 3.82. The highest BCUT2D eigenvalue weighted by atomic mass is 14.7. The van der Waals surface area contributed by atoms with E-state index in [0.717, 1.165) is 19.3 Å². The van der Waals surface area contributed by atoms with E-state index in [1.807, 2.05) is 0 Å². The lowest BCUT2D eigenvalue weighted by Gasteiger charge is -2.22. The summed E-state index contributed by atoms with van der Waals surface area (Å²) in [5.74, 6) is 0. The number of hydrogen-bond donors (Lipinski definition) is 1. The highest BCUT2D eigenvalue weighted by Crippen LogP contribution is 2.15. The van der Waals surface area contributed by atoms with Gasteiger partial charge in [-0.15, -0.1) is 6.58 Å². The monoisotopic (exact) mass is 155 g/mol. The molecule has 0 aliphatic rings. The fourth-order valence-corrected chi connectivity index (χ4v) is 0.971. The summed E-state index contributed by atoms with van der Waals surface area (Å²) >= 11 is 0. The Hall–Kier alpha value is -0.300. The zero-order valence-electron chi connectivity index (χ0n) is 8.11. The molecule has 0 aliphatic heterocycles. The van der Waals surface area contributed by atoms with Crippen molar-refractivity contribution in [3.8, 4) is 0 Å². The third kappa shape index (κ3) is 6.11. The zero-order valence-corrected chi connectivity index (χ0v) is 8.11. The second kappa shape index (κ2) is 4.55. The molecule has 1 heteroatoms. The number of allylic oxidation sites excluding steroid dienone is 1. The van der Waals surface area contributed by atoms with Crippen molar-refractivity contribution < 1.29 is 0 Å². The molecule has 0 aromatic rings. The summed E-state index contributed by atoms with van der Waals surface area (Å²) in [6.07, 6.45) is 4.46. The van der Waals surface area contributed by atoms with Crippen LogP contribution in [0.15, 0.2) is 12.2 Å². The molecule has 0 fully saturated rings. The molecule has 0 amide bonds. The lowest BCUT2D eigenvalue weighted by molar-refractivity contribution is 0.405. The van der Waals surface area contributed by atoms with Crippen LogP contribution in [0.1, 0.15) is 46.5 Å². The molecule has 0 rings (SSSR count). The molecule has 11 heavy (non-hydrogen) atoms. The topological polar surface area (TPSA) is 26.0 Å². The van der Waals surface area contributed by atoms with Gasteiger partial charge in [-0.1, -0.05) is 12.5 Å². The molecule has 1 atom stereocenters. The summed E-state index contributed by atoms with van der Waals surface area (Å²) in [5.41, 5.74) is 7.27. The van der Waals surface area contributed by atoms with Crippen molar-refractivity contribution in [2.75, 3.05) is 0 Å². The van der Waals surface area contributed by atoms with Crippen molar-refractivity contribution in [3.05, 3.63) is 12.2 Å². The molecule has 0 heterocycles. The molecule has 0 aliphatic carbocycles. The van der Waals surface area contributed by atoms with Gasteiger partial charge in [0.1, 0.15) is 0 Å². The Balaban J connectivity index is 3.45. The van der Waals surface area contributed by atoms with E-state index < -0.39 is 0 Å². The van der Waals surface area contributed by atoms with Gasteiger partial charge in [0, 0.05) is 5.54 Å². The van der Waals surface area contributed by atoms with E-state index in [1.165, 1.54) is 12.0 Å². The second-order valence-electron chi connectivity index (χ2n) is 3.82. The van der Waals surface area contributed by atoms with Gasteiger partial charge in [0.2, 0.25) is 0 Å². The van der Waals surface area contributed by atoms with E-state index in [4.69, 9.17) is 5.73 Å². The van der Waals surface area contributed by atoms with E-state index >= 15 is 0 Å². The van der Waals surface area contributed by atoms with Crippen LogP contribution in [0.5, 0.6) is 0 Å². The van der Waals surface area contributed by atoms with E-state index in [-0.39, 0.29) is 5.54 Å². The highest BCUT2D eigenvalue weighted by Gasteiger charge is 2.13. The van der Waals surface area contributed by atoms with Gasteiger partial charge in [0.25, 0.3) is 0 Å². The van der Waals surface area contributed by atoms with Crippen LogP contribution < -0.4 is 5.73 Å². The van der Waals surface area contributed by atoms with Crippen LogP contribution in [-0.2, 0) is 0 Å². The molecular weight excluding hydrogens is 134 g/mol. The Kier molecular flexibility index (Phi) is 4.43. The fourth-order valence-electron chi connectivity index (χ4n) is 0.971. The number of rotatable bonds is 5. The van der Waals surface area contributed by atoms with Crippen molar-refractivity contribution in [2.45, 2.75) is 52.0 Å². The molecule has 0 saturated heterocycles. The van der Waals surface area contributed by atoms with Gasteiger partial charge in [0.05, 0.1) is 0 Å². The molecular formula is C10H21N. The van der Waals surface area contributed by atoms with Crippen LogP contribution in [0.4, 0.5) is 0 Å². The summed E-state index contributed by atoms with van der Waals surface area (Å²) in [5, 5.41) is 0. The van der Waals surface area contributed by atoms with Gasteiger partial charge < -0.3 is 5.73 Å². The summed E-state index contributed by atoms with van der Waals surface area (Å²) < 4.78 is 0. The van der Waals surface area contributed by atoms with Crippen LogP contribution in [0, 0.1) is 0 Å². The van der Waals surface area contributed by atoms with E-state index in [2.05, 4.69) is 27.4 Å². The Labute approximate surface area is 70.7 Å². The maximum absolute atomic E-state index is 5.97. The maximum atomic E-state index is 5.97. The molecule has 0 bridgehead atoms. The minimum Gasteiger partial charge on any atom is -0.325 e. The Bertz CT molecular complexity index is 125. The van der Waals surface area contributed by atoms with Crippen molar-refractivity contribution >= 4 is 0 Å². The van der Waals surface area contributed by atoms with Crippen molar-refractivity contribution in [2.24, 2.45) is 5.73 Å². The molecule has 0 aromatic heterocycles. The predicted octanol–water partition coefficient (Wildman–Crippen LogP) is 2.86. The smallest absolute Gasteiger partial charge is 0.0123 e. The molecule has 1 unspecified atom stereocenters. The van der Waals surface area contributed by atoms with Crippen LogP contribution in [0.2, 0.25) is 0 Å². The molecule has 0 saturated carbocycles. The van der Waals surface area contributed by atoms with E-state index in [1.54, 1.807) is 0 Å². The standard InChI is InChI=1S/C10H21N/c1-5-10(4,11)8-6-7-9(2)3/h2,5-8,11H2,1,3-4H3. The lowest BCUT2D eigenvalue weighted by atomic mass is 9.92. The van der Waals surface area contributed by atoms with Crippen molar-refractivity contribution in [1.29, 1.82) is 0 Å². The van der Waals surface area contributed by atoms with Gasteiger partial charge in [-0.2, -0.15) is 0 Å². The van der Waals surface area contributed by atoms with Crippen LogP contribution in [-0.4, -0.2) is 5.54 Å². The Morgan fingerprint density at radius 3 is 2.45 bits per heavy atom. The first-order valence-electron chi connectivity index (χ1n) is 4.41. The lowest BCUT2D eigenvalue weighted by Crippen LogP contribution is -2.34. The average molecular weight is 155 g/mol. The quantitative estimate of drug-likeness (QED) is 0.607. The molecule has 0 spiro atoms. The third-order valence-corrected chi connectivity index (χ3v) is 2.16. The predicted molar refractivity (Wildman–Crippen MR) is 51.5 cm³/mol. The number of hydrogen-bond acceptors (Lipinski definition) is 1. The van der Waals surface area contributed by atoms with Crippen LogP contribution in [0.25, 0.3) is 0 Å². The summed E-state index contributed by atoms with van der Waals surface area (Å²) in [6, 6.07) is 0. The largest absolute Gasteiger partial charge is 0.325 e. The number of nitrogens with two attached hydrogens (primary N) is 1. The van der Waals surface area contributed by atoms with Crippen molar-refractivity contribution in [3.63, 3.8) is 0 Å². The normalized spacial score (nSPS) is 16.0. The first-order valence-corrected chi connectivity index (χ1v) is 4.41. The average Bonchev–Trinajstić information content (AvgIpc) is 1.87. The third-order valence-electron chi connectivity index (χ3n) is 2.16. The minimum absolute atomic E-state index is 0.0372. The fraction of sp³-hybridized carbons (Fsp3) is 0.800. The van der Waals surface area contributed by atoms with E-state index in [0.29, 0.717) is 0 Å². The highest BCUT2D eigenvalue weighted by molar-refractivity contribution is 4.88. The van der Waals surface area contributed by atoms with Gasteiger partial charge in [-0.25, -0.2) is 0 Å². The molecule has 0 radical (unpaired) electrons. The summed E-state index contributed by atoms with van der Waals surface area (Å²) in [6.45, 7) is 10.2. The van der Waals surface area contributed by atoms with Gasteiger partial charge in [-0.3, -0.25) is 0 Å². The van der Waals surface area contributed by atoms with E-state index in [9.17, 15) is 0 Å². The van der Waals surface area contributed by atoms with Gasteiger partial charge >= 0.3 is 0 Å². The van der Waals surface area contributed by atoms with Crippen LogP contribution >= 0.6 is 0 Å². The van der Waals surface area contributed by atoms with Gasteiger partial charge in [-0.05, 0) is 39.5 Å². The minimum atomic E-state index is 0.0372. The Morgan fingerprint density at radius 1 is 1.55 bits per heavy atom. The first-order chi connectivity index (χ1) is 4.98. The van der Waals surface area contributed by atoms with Crippen LogP contribution in [0.3, 0.4) is 0 Å². The maximum Gasteiger partial charge on any atom is 0.0123 e. The molecule has 2 N–H and O–H groups in total. The zero-order chi connectivity index (χ0) is 8.91. The summed E-state index contributed by atoms with van der Waals surface area (Å²) in [7, 11) is 0. The Morgan fingerprint density at radius 2 is 2.09 bits per heavy atom. The van der Waals surface area contributed by atoms with Gasteiger partial charge in [0.15, 0.2) is 0 Å². The summed E-state index contributed by atoms with van der Waals surface area (Å²) in [4.78, 5) is 0. The molecule has 1 nitrogen and oxygen atoms in total. The van der Waals surface area contributed by atoms with Crippen molar-refractivity contribution in [1.82, 2.24) is 0 Å². The molecule has 0 aromatic carbocycles. The SMILES string of the molecule is C=C(C)CCCC(C)(N)CC. The molecule has 66 valence electrons. The first kappa shape index (κ1) is 10.7.